The lowest BCUT2D eigenvalue weighted by molar-refractivity contribution is -0.159. The maximum Gasteiger partial charge on any atom is 0.408 e. The summed E-state index contributed by atoms with van der Waals surface area (Å²) in [6, 6.07) is 13.2. The Morgan fingerprint density at radius 1 is 0.814 bits per heavy atom. The number of hydrogen-bond donors (Lipinski definition) is 2. The molecule has 2 aromatic rings. The van der Waals surface area contributed by atoms with E-state index in [9.17, 15) is 19.2 Å². The Kier molecular flexibility index (Phi) is 12.3. The second-order valence-corrected chi connectivity index (χ2v) is 12.9. The van der Waals surface area contributed by atoms with E-state index in [4.69, 9.17) is 9.47 Å². The third-order valence-corrected chi connectivity index (χ3v) is 6.72. The van der Waals surface area contributed by atoms with Gasteiger partial charge in [0.05, 0.1) is 0 Å². The third kappa shape index (κ3) is 11.0. The first-order valence-corrected chi connectivity index (χ1v) is 14.9. The number of nitrogens with zero attached hydrogens (tertiary/aromatic N) is 1. The molecular formula is C34H49N3O6. The van der Waals surface area contributed by atoms with Crippen molar-refractivity contribution in [2.24, 2.45) is 0 Å². The first-order valence-electron chi connectivity index (χ1n) is 14.9. The minimum absolute atomic E-state index is 0.204. The summed E-state index contributed by atoms with van der Waals surface area (Å²) >= 11 is 0. The number of amides is 3. The van der Waals surface area contributed by atoms with Gasteiger partial charge >= 0.3 is 12.1 Å². The van der Waals surface area contributed by atoms with Gasteiger partial charge in [0, 0.05) is 12.5 Å². The fraction of sp³-hybridized carbons (Fsp3) is 0.529. The molecule has 0 radical (unpaired) electrons. The second-order valence-electron chi connectivity index (χ2n) is 12.9. The van der Waals surface area contributed by atoms with Crippen LogP contribution in [0.3, 0.4) is 0 Å². The molecule has 2 rings (SSSR count). The van der Waals surface area contributed by atoms with Gasteiger partial charge in [0.2, 0.25) is 11.8 Å². The SMILES string of the molecule is CCC(C)N(C(=O)C(C)NC(=O)OC(C)(C)C)C(C(=O)NC(Cc1ccccc1)C(=O)OC(C)(C)C)c1ccccc1C. The van der Waals surface area contributed by atoms with Crippen molar-refractivity contribution in [1.29, 1.82) is 0 Å². The van der Waals surface area contributed by atoms with Gasteiger partial charge in [-0.15, -0.1) is 0 Å². The zero-order chi connectivity index (χ0) is 32.5. The van der Waals surface area contributed by atoms with E-state index in [1.54, 1.807) is 60.6 Å². The van der Waals surface area contributed by atoms with Crippen LogP contribution in [0.25, 0.3) is 0 Å². The first kappa shape index (κ1) is 35.3. The zero-order valence-corrected chi connectivity index (χ0v) is 27.3. The Labute approximate surface area is 256 Å². The molecule has 2 aromatic carbocycles. The molecule has 0 heterocycles. The van der Waals surface area contributed by atoms with Crippen molar-refractivity contribution < 1.29 is 28.7 Å². The van der Waals surface area contributed by atoms with E-state index in [1.807, 2.05) is 63.2 Å². The Hall–Kier alpha value is -3.88. The summed E-state index contributed by atoms with van der Waals surface area (Å²) in [6.07, 6.45) is 0.0119. The number of aryl methyl sites for hydroxylation is 1. The minimum Gasteiger partial charge on any atom is -0.458 e. The summed E-state index contributed by atoms with van der Waals surface area (Å²) in [7, 11) is 0. The maximum atomic E-state index is 14.3. The van der Waals surface area contributed by atoms with E-state index in [2.05, 4.69) is 10.6 Å². The Balaban J connectivity index is 2.55. The zero-order valence-electron chi connectivity index (χ0n) is 27.3. The highest BCUT2D eigenvalue weighted by Crippen LogP contribution is 2.29. The van der Waals surface area contributed by atoms with Crippen molar-refractivity contribution in [3.8, 4) is 0 Å². The second kappa shape index (κ2) is 15.0. The fourth-order valence-corrected chi connectivity index (χ4v) is 4.54. The first-order chi connectivity index (χ1) is 19.9. The molecule has 43 heavy (non-hydrogen) atoms. The van der Waals surface area contributed by atoms with Crippen LogP contribution in [0.2, 0.25) is 0 Å². The highest BCUT2D eigenvalue weighted by atomic mass is 16.6. The Bertz CT molecular complexity index is 1250. The third-order valence-electron chi connectivity index (χ3n) is 6.72. The molecule has 2 N–H and O–H groups in total. The van der Waals surface area contributed by atoms with Crippen molar-refractivity contribution in [3.63, 3.8) is 0 Å². The van der Waals surface area contributed by atoms with Crippen LogP contribution in [-0.4, -0.2) is 58.1 Å². The van der Waals surface area contributed by atoms with Crippen LogP contribution in [0.5, 0.6) is 0 Å². The molecule has 0 saturated heterocycles. The number of carbonyl (C=O) groups excluding carboxylic acids is 4. The van der Waals surface area contributed by atoms with Crippen molar-refractivity contribution in [3.05, 3.63) is 71.3 Å². The molecule has 0 aliphatic rings. The lowest BCUT2D eigenvalue weighted by atomic mass is 9.95. The average molecular weight is 596 g/mol. The van der Waals surface area contributed by atoms with E-state index in [0.717, 1.165) is 11.1 Å². The van der Waals surface area contributed by atoms with Crippen LogP contribution in [0.4, 0.5) is 4.79 Å². The largest absolute Gasteiger partial charge is 0.458 e. The summed E-state index contributed by atoms with van der Waals surface area (Å²) in [5.74, 6) is -1.56. The lowest BCUT2D eigenvalue weighted by Gasteiger charge is -2.38. The van der Waals surface area contributed by atoms with Crippen molar-refractivity contribution in [2.45, 2.75) is 117 Å². The summed E-state index contributed by atoms with van der Waals surface area (Å²) in [5, 5.41) is 5.53. The number of rotatable bonds is 11. The Morgan fingerprint density at radius 3 is 1.91 bits per heavy atom. The molecule has 236 valence electrons. The number of carbonyl (C=O) groups is 4. The molecule has 4 unspecified atom stereocenters. The number of nitrogens with one attached hydrogen (secondary N) is 2. The van der Waals surface area contributed by atoms with Crippen molar-refractivity contribution in [1.82, 2.24) is 15.5 Å². The summed E-state index contributed by atoms with van der Waals surface area (Å²) < 4.78 is 11.0. The number of benzene rings is 2. The molecule has 4 atom stereocenters. The summed E-state index contributed by atoms with van der Waals surface area (Å²) in [5.41, 5.74) is 0.737. The quantitative estimate of drug-likeness (QED) is 0.325. The molecule has 0 aliphatic heterocycles. The van der Waals surface area contributed by atoms with Crippen LogP contribution < -0.4 is 10.6 Å². The molecular weight excluding hydrogens is 546 g/mol. The van der Waals surface area contributed by atoms with E-state index >= 15 is 0 Å². The van der Waals surface area contributed by atoms with Crippen LogP contribution in [0, 0.1) is 6.92 Å². The molecule has 0 spiro atoms. The van der Waals surface area contributed by atoms with Crippen LogP contribution in [0.15, 0.2) is 54.6 Å². The highest BCUT2D eigenvalue weighted by Gasteiger charge is 2.39. The standard InChI is InChI=1S/C34H49N3O6/c1-11-23(3)37(30(39)24(4)35-32(41)43-34(8,9)10)28(26-20-16-15-17-22(26)2)29(38)36-27(31(40)42-33(5,6)7)21-25-18-13-12-14-19-25/h12-20,23-24,27-28H,11,21H2,1-10H3,(H,35,41)(H,36,38). The van der Waals surface area contributed by atoms with Gasteiger partial charge in [0.15, 0.2) is 0 Å². The number of ether oxygens (including phenoxy) is 2. The predicted molar refractivity (Wildman–Crippen MR) is 167 cm³/mol. The summed E-state index contributed by atoms with van der Waals surface area (Å²) in [6.45, 7) is 17.7. The molecule has 0 bridgehead atoms. The van der Waals surface area contributed by atoms with Gasteiger partial charge in [0.1, 0.15) is 29.3 Å². The molecule has 9 heteroatoms. The predicted octanol–water partition coefficient (Wildman–Crippen LogP) is 5.65. The van der Waals surface area contributed by atoms with E-state index in [-0.39, 0.29) is 12.5 Å². The van der Waals surface area contributed by atoms with E-state index in [0.29, 0.717) is 12.0 Å². The van der Waals surface area contributed by atoms with Crippen LogP contribution >= 0.6 is 0 Å². The molecule has 9 nitrogen and oxygen atoms in total. The smallest absolute Gasteiger partial charge is 0.408 e. The van der Waals surface area contributed by atoms with Gasteiger partial charge in [-0.2, -0.15) is 0 Å². The normalized spacial score (nSPS) is 14.5. The molecule has 3 amide bonds. The number of hydrogen-bond acceptors (Lipinski definition) is 6. The number of esters is 1. The Morgan fingerprint density at radius 2 is 1.37 bits per heavy atom. The highest BCUT2D eigenvalue weighted by molar-refractivity contribution is 5.94. The van der Waals surface area contributed by atoms with Gasteiger partial charge in [-0.25, -0.2) is 9.59 Å². The number of alkyl carbamates (subject to hydrolysis) is 1. The summed E-state index contributed by atoms with van der Waals surface area (Å²) in [4.78, 5) is 55.8. The van der Waals surface area contributed by atoms with Gasteiger partial charge in [0.25, 0.3) is 0 Å². The maximum absolute atomic E-state index is 14.3. The van der Waals surface area contributed by atoms with Gasteiger partial charge < -0.3 is 25.0 Å². The van der Waals surface area contributed by atoms with Crippen LogP contribution in [-0.2, 0) is 30.3 Å². The van der Waals surface area contributed by atoms with Crippen molar-refractivity contribution in [2.75, 3.05) is 0 Å². The van der Waals surface area contributed by atoms with Crippen LogP contribution in [0.1, 0.15) is 91.5 Å². The fourth-order valence-electron chi connectivity index (χ4n) is 4.54. The van der Waals surface area contributed by atoms with Gasteiger partial charge in [-0.1, -0.05) is 61.5 Å². The van der Waals surface area contributed by atoms with E-state index < -0.39 is 53.2 Å². The average Bonchev–Trinajstić information content (AvgIpc) is 2.89. The van der Waals surface area contributed by atoms with E-state index in [1.165, 1.54) is 4.90 Å². The van der Waals surface area contributed by atoms with Crippen molar-refractivity contribution >= 4 is 23.9 Å². The monoisotopic (exact) mass is 595 g/mol. The molecule has 0 fully saturated rings. The molecule has 0 aromatic heterocycles. The molecule has 0 saturated carbocycles. The topological polar surface area (TPSA) is 114 Å². The lowest BCUT2D eigenvalue weighted by Crippen LogP contribution is -2.56. The molecule has 0 aliphatic carbocycles. The van der Waals surface area contributed by atoms with Gasteiger partial charge in [-0.3, -0.25) is 9.59 Å². The minimum atomic E-state index is -1.09. The van der Waals surface area contributed by atoms with Gasteiger partial charge in [-0.05, 0) is 85.4 Å².